The van der Waals surface area contributed by atoms with Crippen LogP contribution in [0.25, 0.3) is 72.0 Å². The molecule has 4 nitrogen and oxygen atoms in total. The molecule has 12 rings (SSSR count). The molecular formula is C61H44N4. The lowest BCUT2D eigenvalue weighted by atomic mass is 9.85. The average molecular weight is 833 g/mol. The standard InChI is InChI=1S/C61H44N4/c1-37-16-28-53-47(31-37)48-32-38(2)17-29-54(48)64(53)58-49(35-62)56(45-23-19-43(20-24-45)41-11-7-5-8-12-41)50(36-63)59(57(58)46-25-21-44(22-26-46)42-13-9-6-10-14-42)65-55-30-18-39(3)33-52(55)61-34-40(4)15-27-51(61)60(61)65/h5-34,51,60H,1-4H3. The van der Waals surface area contributed by atoms with Gasteiger partial charge in [-0.3, -0.25) is 0 Å². The van der Waals surface area contributed by atoms with Crippen molar-refractivity contribution in [2.45, 2.75) is 39.2 Å². The Kier molecular flexibility index (Phi) is 8.55. The van der Waals surface area contributed by atoms with Crippen LogP contribution in [0.2, 0.25) is 0 Å². The van der Waals surface area contributed by atoms with Crippen molar-refractivity contribution in [2.75, 3.05) is 4.90 Å². The first-order valence-corrected chi connectivity index (χ1v) is 22.4. The first kappa shape index (κ1) is 38.5. The highest BCUT2D eigenvalue weighted by Gasteiger charge is 2.71. The van der Waals surface area contributed by atoms with E-state index in [-0.39, 0.29) is 17.4 Å². The predicted molar refractivity (Wildman–Crippen MR) is 267 cm³/mol. The van der Waals surface area contributed by atoms with Gasteiger partial charge in [0.15, 0.2) is 0 Å². The van der Waals surface area contributed by atoms with E-state index in [1.165, 1.54) is 16.7 Å². The number of aromatic nitrogens is 1. The van der Waals surface area contributed by atoms with Gasteiger partial charge in [0.05, 0.1) is 39.6 Å². The van der Waals surface area contributed by atoms with E-state index in [1.54, 1.807) is 0 Å². The van der Waals surface area contributed by atoms with Crippen LogP contribution in [-0.4, -0.2) is 10.6 Å². The molecule has 4 heteroatoms. The Balaban J connectivity index is 1.26. The maximum Gasteiger partial charge on any atom is 0.102 e. The third kappa shape index (κ3) is 5.67. The number of allylic oxidation sites excluding steroid dienone is 2. The van der Waals surface area contributed by atoms with Crippen molar-refractivity contribution in [3.8, 4) is 62.3 Å². The summed E-state index contributed by atoms with van der Waals surface area (Å²) < 4.78 is 2.32. The number of nitriles is 2. The molecule has 0 bridgehead atoms. The fourth-order valence-corrected chi connectivity index (χ4v) is 11.3. The highest BCUT2D eigenvalue weighted by atomic mass is 15.3. The second-order valence-electron chi connectivity index (χ2n) is 18.2. The number of benzene rings is 8. The van der Waals surface area contributed by atoms with Crippen molar-refractivity contribution in [1.29, 1.82) is 10.5 Å². The van der Waals surface area contributed by atoms with Crippen molar-refractivity contribution < 1.29 is 0 Å². The quantitative estimate of drug-likeness (QED) is 0.168. The van der Waals surface area contributed by atoms with Crippen molar-refractivity contribution in [2.24, 2.45) is 5.92 Å². The molecule has 1 aromatic heterocycles. The molecule has 8 aromatic carbocycles. The lowest BCUT2D eigenvalue weighted by Crippen LogP contribution is -2.23. The summed E-state index contributed by atoms with van der Waals surface area (Å²) in [5.41, 5.74) is 19.1. The summed E-state index contributed by atoms with van der Waals surface area (Å²) in [7, 11) is 0. The Morgan fingerprint density at radius 3 is 1.52 bits per heavy atom. The average Bonchev–Trinajstić information content (AvgIpc) is 3.78. The van der Waals surface area contributed by atoms with Gasteiger partial charge >= 0.3 is 0 Å². The van der Waals surface area contributed by atoms with Gasteiger partial charge in [-0.2, -0.15) is 10.5 Å². The summed E-state index contributed by atoms with van der Waals surface area (Å²) in [6, 6.07) is 63.6. The summed E-state index contributed by atoms with van der Waals surface area (Å²) in [6.45, 7) is 8.64. The fourth-order valence-electron chi connectivity index (χ4n) is 11.3. The fraction of sp³-hybridized carbons (Fsp3) is 0.115. The van der Waals surface area contributed by atoms with Crippen LogP contribution >= 0.6 is 0 Å². The van der Waals surface area contributed by atoms with Gasteiger partial charge in [-0.05, 0) is 97.0 Å². The van der Waals surface area contributed by atoms with E-state index in [1.807, 2.05) is 24.3 Å². The zero-order valence-electron chi connectivity index (χ0n) is 36.8. The van der Waals surface area contributed by atoms with Crippen LogP contribution in [-0.2, 0) is 5.41 Å². The van der Waals surface area contributed by atoms with Crippen LogP contribution in [0.1, 0.15) is 40.3 Å². The number of hydrogen-bond acceptors (Lipinski definition) is 3. The van der Waals surface area contributed by atoms with Crippen molar-refractivity contribution in [3.63, 3.8) is 0 Å². The highest BCUT2D eigenvalue weighted by Crippen LogP contribution is 2.71. The van der Waals surface area contributed by atoms with E-state index < -0.39 is 0 Å². The van der Waals surface area contributed by atoms with Gasteiger partial charge in [0.25, 0.3) is 0 Å². The zero-order chi connectivity index (χ0) is 44.1. The van der Waals surface area contributed by atoms with Gasteiger partial charge in [-0.15, -0.1) is 0 Å². The molecule has 0 amide bonds. The smallest absolute Gasteiger partial charge is 0.102 e. The van der Waals surface area contributed by atoms with Crippen LogP contribution in [0.15, 0.2) is 188 Å². The topological polar surface area (TPSA) is 55.8 Å². The van der Waals surface area contributed by atoms with Gasteiger partial charge in [0.1, 0.15) is 12.1 Å². The lowest BCUT2D eigenvalue weighted by Gasteiger charge is -2.32. The number of aryl methyl sites for hydroxylation is 3. The van der Waals surface area contributed by atoms with E-state index in [0.29, 0.717) is 16.7 Å². The Bertz CT molecular complexity index is 3540. The van der Waals surface area contributed by atoms with E-state index >= 15 is 0 Å². The summed E-state index contributed by atoms with van der Waals surface area (Å²) in [4.78, 5) is 2.49. The molecule has 2 heterocycles. The van der Waals surface area contributed by atoms with Crippen LogP contribution < -0.4 is 4.90 Å². The molecule has 9 aromatic rings. The van der Waals surface area contributed by atoms with E-state index in [4.69, 9.17) is 0 Å². The SMILES string of the molecule is CC1=CC23c4cc(C)ccc4N(c4c(C#N)c(-c5ccc(-c6ccccc6)cc5)c(C#N)c(-n5c6ccc(C)cc6c6cc(C)ccc65)c4-c4ccc(-c5ccccc5)cc4)C2C3C=C1. The van der Waals surface area contributed by atoms with E-state index in [2.05, 4.69) is 207 Å². The molecular weight excluding hydrogens is 789 g/mol. The predicted octanol–water partition coefficient (Wildman–Crippen LogP) is 15.0. The Morgan fingerprint density at radius 2 is 0.969 bits per heavy atom. The molecule has 2 aliphatic carbocycles. The van der Waals surface area contributed by atoms with Crippen LogP contribution in [0.5, 0.6) is 0 Å². The Hall–Kier alpha value is -8.18. The second kappa shape index (κ2) is 14.4. The summed E-state index contributed by atoms with van der Waals surface area (Å²) in [6.07, 6.45) is 7.10. The Labute approximate surface area is 379 Å². The largest absolute Gasteiger partial charge is 0.335 e. The minimum absolute atomic E-state index is 0.0278. The number of anilines is 2. The summed E-state index contributed by atoms with van der Waals surface area (Å²) in [5.74, 6) is 0.215. The minimum Gasteiger partial charge on any atom is -0.335 e. The van der Waals surface area contributed by atoms with Crippen molar-refractivity contribution in [1.82, 2.24) is 4.57 Å². The van der Waals surface area contributed by atoms with Crippen molar-refractivity contribution in [3.05, 3.63) is 221 Å². The molecule has 3 atom stereocenters. The maximum absolute atomic E-state index is 11.9. The second-order valence-corrected chi connectivity index (χ2v) is 18.2. The van der Waals surface area contributed by atoms with Gasteiger partial charge < -0.3 is 9.47 Å². The molecule has 1 saturated carbocycles. The summed E-state index contributed by atoms with van der Waals surface area (Å²) >= 11 is 0. The molecule has 3 unspecified atom stereocenters. The van der Waals surface area contributed by atoms with Gasteiger partial charge in [0.2, 0.25) is 0 Å². The third-order valence-electron chi connectivity index (χ3n) is 14.2. The maximum atomic E-state index is 11.9. The van der Waals surface area contributed by atoms with Gasteiger partial charge in [-0.25, -0.2) is 0 Å². The van der Waals surface area contributed by atoms with Gasteiger partial charge in [-0.1, -0.05) is 174 Å². The minimum atomic E-state index is -0.241. The number of rotatable bonds is 6. The normalized spacial score (nSPS) is 17.9. The number of fused-ring (bicyclic) bond motifs is 5. The number of nitrogens with zero attached hydrogens (tertiary/aromatic N) is 4. The molecule has 1 aliphatic heterocycles. The Morgan fingerprint density at radius 1 is 0.492 bits per heavy atom. The lowest BCUT2D eigenvalue weighted by molar-refractivity contribution is 0.817. The molecule has 0 radical (unpaired) electrons. The molecule has 308 valence electrons. The van der Waals surface area contributed by atoms with E-state index in [9.17, 15) is 10.5 Å². The van der Waals surface area contributed by atoms with Crippen molar-refractivity contribution >= 4 is 33.2 Å². The first-order valence-electron chi connectivity index (χ1n) is 22.4. The summed E-state index contributed by atoms with van der Waals surface area (Å²) in [5, 5.41) is 26.1. The van der Waals surface area contributed by atoms with Crippen LogP contribution in [0.4, 0.5) is 11.4 Å². The monoisotopic (exact) mass is 832 g/mol. The van der Waals surface area contributed by atoms with Gasteiger partial charge in [0, 0.05) is 38.9 Å². The number of hydrogen-bond donors (Lipinski definition) is 0. The third-order valence-corrected chi connectivity index (χ3v) is 14.2. The van der Waals surface area contributed by atoms with Crippen LogP contribution in [0, 0.1) is 49.4 Å². The molecule has 1 fully saturated rings. The van der Waals surface area contributed by atoms with Crippen LogP contribution in [0.3, 0.4) is 0 Å². The molecule has 3 aliphatic rings. The molecule has 0 saturated heterocycles. The molecule has 0 N–H and O–H groups in total. The molecule has 65 heavy (non-hydrogen) atoms. The molecule has 1 spiro atoms. The highest BCUT2D eigenvalue weighted by molar-refractivity contribution is 6.12. The first-order chi connectivity index (χ1) is 31.8. The zero-order valence-corrected chi connectivity index (χ0v) is 36.8. The van der Waals surface area contributed by atoms with E-state index in [0.717, 1.165) is 88.9 Å².